The molecule has 0 aromatic rings. The maximum Gasteiger partial charge on any atom is 0.327 e. The molecule has 706 valence electrons. The smallest absolute Gasteiger partial charge is 0.327 e. The fourth-order valence-corrected chi connectivity index (χ4v) is 21.9. The zero-order valence-electron chi connectivity index (χ0n) is 74.3. The van der Waals surface area contributed by atoms with Gasteiger partial charge in [-0.3, -0.25) is 101 Å². The Kier molecular flexibility index (Phi) is 68.0. The molecule has 5 aliphatic rings. The summed E-state index contributed by atoms with van der Waals surface area (Å²) in [6.45, 7) is 20.3. The van der Waals surface area contributed by atoms with E-state index in [9.17, 15) is 81.8 Å². The van der Waals surface area contributed by atoms with Crippen molar-refractivity contribution >= 4 is 165 Å². The number of hydrogen-bond donors (Lipinski definition) is 7. The number of morpholine rings is 2. The predicted octanol–water partition coefficient (Wildman–Crippen LogP) is 3.90. The average molecular weight is 1860 g/mol. The number of esters is 4. The number of carboxylic acid groups (broad SMARTS) is 4. The number of likely N-dealkylation sites (N-methyl/N-ethyl adjacent to an activating group) is 1. The van der Waals surface area contributed by atoms with Crippen LogP contribution < -0.4 is 16.8 Å². The van der Waals surface area contributed by atoms with Crippen molar-refractivity contribution in [2.75, 3.05) is 238 Å². The molecule has 0 aromatic carbocycles. The maximum atomic E-state index is 12.8. The summed E-state index contributed by atoms with van der Waals surface area (Å²) in [5.41, 5.74) is 10.9. The number of nitrogens with two attached hydrogens (primary N) is 2. The van der Waals surface area contributed by atoms with Crippen LogP contribution in [-0.4, -0.2) is 428 Å². The molecule has 0 radical (unpaired) electrons. The van der Waals surface area contributed by atoms with E-state index in [1.165, 1.54) is 108 Å². The molecule has 2 saturated heterocycles. The van der Waals surface area contributed by atoms with Gasteiger partial charge in [0.05, 0.1) is 97.9 Å². The number of unbranched alkanes of at least 4 members (excludes halogenated alkanes) is 2. The number of carbonyl (C=O) groups excluding carboxylic acids is 12. The molecule has 0 bridgehead atoms. The first-order valence-corrected chi connectivity index (χ1v) is 49.4. The summed E-state index contributed by atoms with van der Waals surface area (Å²) in [6.07, 6.45) is 16.4. The van der Waals surface area contributed by atoms with Crippen molar-refractivity contribution in [3.63, 3.8) is 0 Å². The number of carbonyl (C=O) groups is 16. The first kappa shape index (κ1) is 116. The second-order valence-corrected chi connectivity index (χ2v) is 39.4. The molecule has 34 nitrogen and oxygen atoms in total. The molecule has 0 spiro atoms. The van der Waals surface area contributed by atoms with E-state index < -0.39 is 47.8 Å². The first-order chi connectivity index (χ1) is 58.6. The van der Waals surface area contributed by atoms with Crippen molar-refractivity contribution < 1.29 is 107 Å². The zero-order chi connectivity index (χ0) is 91.9. The van der Waals surface area contributed by atoms with E-state index in [1.54, 1.807) is 33.6 Å². The number of aliphatic carboxylic acids is 4. The molecule has 5 rings (SSSR count). The molecule has 40 heteroatoms. The summed E-state index contributed by atoms with van der Waals surface area (Å²) in [5.74, 6) is 0.209. The minimum absolute atomic E-state index is 0.000510. The highest BCUT2D eigenvalue weighted by Crippen LogP contribution is 2.42. The summed E-state index contributed by atoms with van der Waals surface area (Å²) >= 11 is 12.2. The highest BCUT2D eigenvalue weighted by molar-refractivity contribution is 8.04. The molecular formula is C83H146N12O22S6. The van der Waals surface area contributed by atoms with Crippen molar-refractivity contribution in [1.29, 1.82) is 0 Å². The molecule has 9 N–H and O–H groups in total. The number of nitrogens with one attached hydrogen (secondary N) is 1. The van der Waals surface area contributed by atoms with Crippen LogP contribution in [0.1, 0.15) is 158 Å². The molecule has 6 atom stereocenters. The summed E-state index contributed by atoms with van der Waals surface area (Å²) < 4.78 is 8.91. The van der Waals surface area contributed by atoms with Gasteiger partial charge in [0.25, 0.3) is 0 Å². The van der Waals surface area contributed by atoms with Crippen LogP contribution in [-0.2, 0) is 86.2 Å². The topological polar surface area (TPSA) is 466 Å². The predicted molar refractivity (Wildman–Crippen MR) is 490 cm³/mol. The molecule has 3 saturated carbocycles. The van der Waals surface area contributed by atoms with Gasteiger partial charge >= 0.3 is 47.8 Å². The quantitative estimate of drug-likeness (QED) is 0.0196. The Hall–Kier alpha value is -4.86. The van der Waals surface area contributed by atoms with Gasteiger partial charge in [-0.05, 0) is 129 Å². The van der Waals surface area contributed by atoms with Crippen LogP contribution >= 0.6 is 70.6 Å². The molecule has 3 aliphatic carbocycles. The lowest BCUT2D eigenvalue weighted by Gasteiger charge is -2.35. The Labute approximate surface area is 754 Å². The van der Waals surface area contributed by atoms with E-state index in [-0.39, 0.29) is 158 Å². The number of thioether (sulfide) groups is 6. The third-order valence-corrected chi connectivity index (χ3v) is 29.3. The first-order valence-electron chi connectivity index (χ1n) is 43.1. The van der Waals surface area contributed by atoms with Crippen molar-refractivity contribution in [3.05, 3.63) is 0 Å². The van der Waals surface area contributed by atoms with Gasteiger partial charge in [0.15, 0.2) is 0 Å². The van der Waals surface area contributed by atoms with E-state index in [0.29, 0.717) is 103 Å². The zero-order valence-corrected chi connectivity index (χ0v) is 79.2. The van der Waals surface area contributed by atoms with Crippen LogP contribution in [0.15, 0.2) is 0 Å². The Morgan fingerprint density at radius 3 is 0.886 bits per heavy atom. The number of ether oxygens (including phenoxy) is 2. The number of cyclic esters (lactones) is 4. The lowest BCUT2D eigenvalue weighted by Crippen LogP contribution is -2.48. The molecule has 6 unspecified atom stereocenters. The second-order valence-electron chi connectivity index (χ2n) is 31.3. The summed E-state index contributed by atoms with van der Waals surface area (Å²) in [7, 11) is 1.73. The molecule has 123 heavy (non-hydrogen) atoms. The highest BCUT2D eigenvalue weighted by atomic mass is 32.2. The normalized spacial score (nSPS) is 18.2. The van der Waals surface area contributed by atoms with Gasteiger partial charge in [0, 0.05) is 174 Å². The van der Waals surface area contributed by atoms with Crippen LogP contribution in [0.2, 0.25) is 0 Å². The number of hydrogen-bond acceptors (Lipinski definition) is 36. The van der Waals surface area contributed by atoms with E-state index in [4.69, 9.17) is 26.8 Å². The van der Waals surface area contributed by atoms with Gasteiger partial charge in [-0.25, -0.2) is 0 Å². The Bertz CT molecular complexity index is 2910. The summed E-state index contributed by atoms with van der Waals surface area (Å²) in [4.78, 5) is 199. The van der Waals surface area contributed by atoms with Gasteiger partial charge < -0.3 is 66.2 Å². The van der Waals surface area contributed by atoms with E-state index in [0.717, 1.165) is 81.5 Å². The van der Waals surface area contributed by atoms with Crippen LogP contribution in [0.3, 0.4) is 0 Å². The van der Waals surface area contributed by atoms with Gasteiger partial charge in [-0.2, -0.15) is 70.6 Å². The highest BCUT2D eigenvalue weighted by Gasteiger charge is 2.34. The Balaban J connectivity index is 0.000000851. The largest absolute Gasteiger partial charge is 0.481 e. The summed E-state index contributed by atoms with van der Waals surface area (Å²) in [5, 5.41) is 43.7. The minimum atomic E-state index is -1.07. The van der Waals surface area contributed by atoms with E-state index >= 15 is 0 Å². The van der Waals surface area contributed by atoms with Crippen LogP contribution in [0.25, 0.3) is 0 Å². The Morgan fingerprint density at radius 1 is 0.366 bits per heavy atom. The number of nitrogens with zero attached hydrogens (tertiary/aromatic N) is 9. The lowest BCUT2D eigenvalue weighted by molar-refractivity contribution is -0.168. The number of rotatable bonds is 69. The van der Waals surface area contributed by atoms with Crippen molar-refractivity contribution in [1.82, 2.24) is 49.4 Å². The molecule has 2 aliphatic heterocycles. The molecule has 0 aromatic heterocycles. The fraction of sp³-hybridized carbons (Fsp3) is 0.807. The third-order valence-electron chi connectivity index (χ3n) is 19.8. The van der Waals surface area contributed by atoms with Gasteiger partial charge in [0.1, 0.15) is 46.8 Å². The van der Waals surface area contributed by atoms with Crippen molar-refractivity contribution in [2.45, 2.75) is 189 Å². The maximum absolute atomic E-state index is 12.8. The minimum Gasteiger partial charge on any atom is -0.481 e. The van der Waals surface area contributed by atoms with E-state index in [2.05, 4.69) is 57.1 Å². The van der Waals surface area contributed by atoms with Gasteiger partial charge in [-0.1, -0.05) is 26.7 Å². The Morgan fingerprint density at radius 2 is 0.634 bits per heavy atom. The monoisotopic (exact) mass is 1850 g/mol. The van der Waals surface area contributed by atoms with Crippen LogP contribution in [0.5, 0.6) is 0 Å². The molecule has 2 heterocycles. The third kappa shape index (κ3) is 62.9. The standard InChI is InChI=1S/C30H53N3O5S2.C27H47N3O8S2.C15H21N3O8.C8H18N2S2.C3H7NO/c1-6-7-18-39-29-10-11-30(29)40-19-8-9-28(38)23-33(22-27(5)37)17-15-31(13-12-24(2)34)14-16-32(20-25(3)35)21-26(4)36;1-3-4-15-39-23-7-8-24(23)40-16-5-6-22(32)18-30(20-27(37)38)14-12-28(10-9-25(33)34)11-13-29(17-21(2)31)19-26(35)36;19-11(20)1-2-16(3-5-17-7-12(21)25-13(22)8-17)4-6-18-9-14(23)26-15(24)10-18;9-3-5-11-7-1-2-8(7)12-6-4-10;1-4-2-3-5/h29-30H,6-23H2,1-5H3;23-24H,3-20H2,1-2H3,(H,33,34)(H,35,36)(H,37,38);1-10H2,(H,19,20);7-8H,1-6,9-10H2;3-4H,2H2,1H3. The number of Topliss-reactive ketones (excluding diaryl/α,β-unsaturated/α-hetero) is 7. The van der Waals surface area contributed by atoms with Gasteiger partial charge in [0.2, 0.25) is 0 Å². The molecule has 0 amide bonds. The summed E-state index contributed by atoms with van der Waals surface area (Å²) in [6, 6.07) is 0. The number of carboxylic acids is 4. The van der Waals surface area contributed by atoms with Gasteiger partial charge in [-0.15, -0.1) is 0 Å². The lowest BCUT2D eigenvalue weighted by atomic mass is 9.99. The number of aldehydes is 1. The SMILES string of the molecule is CCCCSC1CCC1SCCCC(=O)CN(CCN(CCC(=O)O)CCN(CC(C)=O)CC(=O)O)CC(=O)O.CCCCSC1CCC1SCCCC(=O)CN(CCN(CCC(C)=O)CCN(CC(C)=O)CC(C)=O)CC(C)=O.CNCC=O.NCCSC1CCC1SCCN.O=C(O)CCN(CCN1CC(=O)OC(=O)C1)CCN1CC(=O)OC(=O)C1. The van der Waals surface area contributed by atoms with Crippen molar-refractivity contribution in [3.8, 4) is 0 Å². The van der Waals surface area contributed by atoms with E-state index in [1.807, 2.05) is 61.7 Å². The average Bonchev–Trinajstić information content (AvgIpc) is 0.863. The van der Waals surface area contributed by atoms with Crippen LogP contribution in [0, 0.1) is 0 Å². The molecule has 5 fully saturated rings. The fourth-order valence-electron chi connectivity index (χ4n) is 13.0. The molecular weight excluding hydrogens is 1710 g/mol. The second kappa shape index (κ2) is 72.0. The number of ketones is 7. The van der Waals surface area contributed by atoms with Crippen LogP contribution in [0.4, 0.5) is 0 Å². The van der Waals surface area contributed by atoms with Crippen molar-refractivity contribution in [2.24, 2.45) is 11.5 Å².